The van der Waals surface area contributed by atoms with Crippen LogP contribution in [0.4, 0.5) is 5.82 Å². The van der Waals surface area contributed by atoms with Crippen LogP contribution < -0.4 is 18.5 Å². The fourth-order valence-electron chi connectivity index (χ4n) is 2.68. The van der Waals surface area contributed by atoms with Gasteiger partial charge >= 0.3 is 0 Å². The van der Waals surface area contributed by atoms with Gasteiger partial charge in [-0.3, -0.25) is 0 Å². The van der Waals surface area contributed by atoms with Crippen LogP contribution in [-0.2, 0) is 16.6 Å². The minimum atomic E-state index is -4.09. The number of ether oxygens (including phenoxy) is 3. The largest absolute Gasteiger partial charge is 0.497 e. The standard InChI is InChI=1S/C19H19ClN4O5S/c1-27-14-5-4-13(16(8-14)28-2)11-24(18-6-7-21-12-23-18)30(25,26)15-9-17(29-3)19(20)22-10-15/h4-10,12H,11H2,1-3H3. The number of benzene rings is 1. The zero-order valence-corrected chi connectivity index (χ0v) is 18.0. The number of pyridine rings is 1. The van der Waals surface area contributed by atoms with Crippen LogP contribution in [0.1, 0.15) is 5.56 Å². The summed E-state index contributed by atoms with van der Waals surface area (Å²) >= 11 is 5.95. The maximum Gasteiger partial charge on any atom is 0.267 e. The van der Waals surface area contributed by atoms with Crippen molar-refractivity contribution in [2.45, 2.75) is 11.4 Å². The van der Waals surface area contributed by atoms with Crippen molar-refractivity contribution < 1.29 is 22.6 Å². The highest BCUT2D eigenvalue weighted by molar-refractivity contribution is 7.92. The second kappa shape index (κ2) is 9.14. The Kier molecular flexibility index (Phi) is 6.58. The Labute approximate surface area is 179 Å². The average molecular weight is 451 g/mol. The maximum absolute atomic E-state index is 13.5. The third-order valence-electron chi connectivity index (χ3n) is 4.22. The predicted octanol–water partition coefficient (Wildman–Crippen LogP) is 2.95. The highest BCUT2D eigenvalue weighted by atomic mass is 35.5. The van der Waals surface area contributed by atoms with Gasteiger partial charge in [-0.1, -0.05) is 11.6 Å². The van der Waals surface area contributed by atoms with Gasteiger partial charge in [-0.15, -0.1) is 0 Å². The molecule has 0 fully saturated rings. The third-order valence-corrected chi connectivity index (χ3v) is 6.22. The molecule has 9 nitrogen and oxygen atoms in total. The molecule has 0 spiro atoms. The van der Waals surface area contributed by atoms with E-state index in [4.69, 9.17) is 25.8 Å². The lowest BCUT2D eigenvalue weighted by atomic mass is 10.2. The molecule has 0 atom stereocenters. The molecule has 11 heteroatoms. The predicted molar refractivity (Wildman–Crippen MR) is 111 cm³/mol. The van der Waals surface area contributed by atoms with Crippen LogP contribution >= 0.6 is 11.6 Å². The van der Waals surface area contributed by atoms with Crippen molar-refractivity contribution in [2.24, 2.45) is 0 Å². The maximum atomic E-state index is 13.5. The van der Waals surface area contributed by atoms with E-state index >= 15 is 0 Å². The molecule has 0 saturated heterocycles. The summed E-state index contributed by atoms with van der Waals surface area (Å²) in [5.41, 5.74) is 0.606. The monoisotopic (exact) mass is 450 g/mol. The van der Waals surface area contributed by atoms with Crippen LogP contribution in [-0.4, -0.2) is 44.7 Å². The summed E-state index contributed by atoms with van der Waals surface area (Å²) in [5.74, 6) is 1.37. The van der Waals surface area contributed by atoms with E-state index in [2.05, 4.69) is 15.0 Å². The van der Waals surface area contributed by atoms with Crippen LogP contribution in [0.15, 0.2) is 53.9 Å². The number of sulfonamides is 1. The molecule has 158 valence electrons. The summed E-state index contributed by atoms with van der Waals surface area (Å²) in [5, 5.41) is 0.0573. The van der Waals surface area contributed by atoms with E-state index in [1.807, 2.05) is 0 Å². The number of methoxy groups -OCH3 is 3. The van der Waals surface area contributed by atoms with Crippen molar-refractivity contribution in [3.63, 3.8) is 0 Å². The number of rotatable bonds is 8. The summed E-state index contributed by atoms with van der Waals surface area (Å²) < 4.78 is 43.9. The molecular weight excluding hydrogens is 432 g/mol. The van der Waals surface area contributed by atoms with Crippen molar-refractivity contribution in [2.75, 3.05) is 25.6 Å². The van der Waals surface area contributed by atoms with Crippen LogP contribution in [0.2, 0.25) is 5.15 Å². The fourth-order valence-corrected chi connectivity index (χ4v) is 4.22. The molecule has 0 amide bonds. The molecule has 3 rings (SSSR count). The Morgan fingerprint density at radius 2 is 1.77 bits per heavy atom. The Bertz CT molecular complexity index is 1130. The van der Waals surface area contributed by atoms with Gasteiger partial charge in [0.2, 0.25) is 0 Å². The molecule has 0 radical (unpaired) electrons. The summed E-state index contributed by atoms with van der Waals surface area (Å²) in [7, 11) is 0.322. The van der Waals surface area contributed by atoms with Gasteiger partial charge in [-0.05, 0) is 12.1 Å². The number of aromatic nitrogens is 3. The number of hydrogen-bond acceptors (Lipinski definition) is 8. The molecule has 2 heterocycles. The Morgan fingerprint density at radius 3 is 2.40 bits per heavy atom. The topological polar surface area (TPSA) is 104 Å². The van der Waals surface area contributed by atoms with E-state index in [0.717, 1.165) is 4.31 Å². The van der Waals surface area contributed by atoms with Gasteiger partial charge in [0, 0.05) is 36.2 Å². The minimum Gasteiger partial charge on any atom is -0.497 e. The first-order valence-corrected chi connectivity index (χ1v) is 10.4. The van der Waals surface area contributed by atoms with Gasteiger partial charge in [-0.2, -0.15) is 0 Å². The molecule has 0 saturated carbocycles. The first-order valence-electron chi connectivity index (χ1n) is 8.60. The molecule has 0 unspecified atom stereocenters. The van der Waals surface area contributed by atoms with Crippen LogP contribution in [0.25, 0.3) is 0 Å². The van der Waals surface area contributed by atoms with Gasteiger partial charge in [-0.25, -0.2) is 27.7 Å². The molecule has 0 aliphatic rings. The number of anilines is 1. The molecule has 0 aliphatic heterocycles. The Hall–Kier alpha value is -3.11. The molecule has 0 N–H and O–H groups in total. The zero-order chi connectivity index (χ0) is 21.7. The van der Waals surface area contributed by atoms with Crippen LogP contribution in [0, 0.1) is 0 Å². The van der Waals surface area contributed by atoms with Gasteiger partial charge in [0.15, 0.2) is 10.9 Å². The third kappa shape index (κ3) is 4.39. The second-order valence-electron chi connectivity index (χ2n) is 5.92. The second-order valence-corrected chi connectivity index (χ2v) is 8.14. The van der Waals surface area contributed by atoms with E-state index in [1.54, 1.807) is 18.2 Å². The number of hydrogen-bond donors (Lipinski definition) is 0. The van der Waals surface area contributed by atoms with E-state index in [1.165, 1.54) is 52.2 Å². The van der Waals surface area contributed by atoms with Crippen molar-refractivity contribution in [1.82, 2.24) is 15.0 Å². The number of halogens is 1. The van der Waals surface area contributed by atoms with Crippen molar-refractivity contribution in [3.8, 4) is 17.2 Å². The summed E-state index contributed by atoms with van der Waals surface area (Å²) in [6, 6.07) is 7.92. The molecule has 2 aromatic heterocycles. The van der Waals surface area contributed by atoms with Crippen molar-refractivity contribution in [1.29, 1.82) is 0 Å². The van der Waals surface area contributed by atoms with E-state index in [9.17, 15) is 8.42 Å². The van der Waals surface area contributed by atoms with Gasteiger partial charge in [0.05, 0.1) is 27.9 Å². The van der Waals surface area contributed by atoms with Crippen LogP contribution in [0.3, 0.4) is 0 Å². The van der Waals surface area contributed by atoms with E-state index < -0.39 is 10.0 Å². The first-order chi connectivity index (χ1) is 14.4. The lowest BCUT2D eigenvalue weighted by molar-refractivity contribution is 0.391. The van der Waals surface area contributed by atoms with Gasteiger partial charge in [0.1, 0.15) is 28.5 Å². The van der Waals surface area contributed by atoms with Crippen molar-refractivity contribution in [3.05, 3.63) is 59.8 Å². The van der Waals surface area contributed by atoms with E-state index in [0.29, 0.717) is 17.1 Å². The molecule has 1 aromatic carbocycles. The lowest BCUT2D eigenvalue weighted by Crippen LogP contribution is -2.31. The fraction of sp³-hybridized carbons (Fsp3) is 0.211. The normalized spacial score (nSPS) is 11.1. The molecule has 30 heavy (non-hydrogen) atoms. The summed E-state index contributed by atoms with van der Waals surface area (Å²) in [6.45, 7) is -0.0581. The Balaban J connectivity index is 2.10. The highest BCUT2D eigenvalue weighted by Crippen LogP contribution is 2.32. The van der Waals surface area contributed by atoms with Gasteiger partial charge in [0.25, 0.3) is 10.0 Å². The van der Waals surface area contributed by atoms with Crippen molar-refractivity contribution >= 4 is 27.4 Å². The number of nitrogens with zero attached hydrogens (tertiary/aromatic N) is 4. The van der Waals surface area contributed by atoms with Gasteiger partial charge < -0.3 is 14.2 Å². The summed E-state index contributed by atoms with van der Waals surface area (Å²) in [6.07, 6.45) is 3.89. The Morgan fingerprint density at radius 1 is 1.00 bits per heavy atom. The SMILES string of the molecule is COc1ccc(CN(c2ccncn2)S(=O)(=O)c2cnc(Cl)c(OC)c2)c(OC)c1. The molecular formula is C19H19ClN4O5S. The smallest absolute Gasteiger partial charge is 0.267 e. The minimum absolute atomic E-state index is 0.0573. The first kappa shape index (κ1) is 21.6. The zero-order valence-electron chi connectivity index (χ0n) is 16.4. The molecule has 0 aliphatic carbocycles. The van der Waals surface area contributed by atoms with E-state index in [-0.39, 0.29) is 28.2 Å². The average Bonchev–Trinajstić information content (AvgIpc) is 2.78. The van der Waals surface area contributed by atoms with Crippen LogP contribution in [0.5, 0.6) is 17.2 Å². The summed E-state index contributed by atoms with van der Waals surface area (Å²) in [4.78, 5) is 11.8. The quantitative estimate of drug-likeness (QED) is 0.482. The molecule has 3 aromatic rings. The highest BCUT2D eigenvalue weighted by Gasteiger charge is 2.28. The molecule has 0 bridgehead atoms. The lowest BCUT2D eigenvalue weighted by Gasteiger charge is -2.24.